The minimum absolute atomic E-state index is 0.0101. The Balaban J connectivity index is 1.45. The monoisotopic (exact) mass is 423 g/mol. The molecule has 0 saturated carbocycles. The fraction of sp³-hybridized carbons (Fsp3) is 0.667. The summed E-state index contributed by atoms with van der Waals surface area (Å²) < 4.78 is 5.37. The van der Waals surface area contributed by atoms with Crippen LogP contribution in [0.1, 0.15) is 36.5 Å². The molecule has 29 heavy (non-hydrogen) atoms. The second kappa shape index (κ2) is 10.9. The smallest absolute Gasteiger partial charge is 0.254 e. The van der Waals surface area contributed by atoms with Crippen LogP contribution < -0.4 is 10.2 Å². The quantitative estimate of drug-likeness (QED) is 0.631. The first-order valence-corrected chi connectivity index (χ1v) is 11.0. The van der Waals surface area contributed by atoms with Crippen molar-refractivity contribution in [2.75, 3.05) is 52.5 Å². The van der Waals surface area contributed by atoms with Crippen LogP contribution in [0.2, 0.25) is 5.15 Å². The normalized spacial score (nSPS) is 23.0. The molecule has 1 aromatic heterocycles. The maximum absolute atomic E-state index is 12.8. The average Bonchev–Trinajstić information content (AvgIpc) is 2.74. The van der Waals surface area contributed by atoms with Crippen LogP contribution in [0, 0.1) is 11.8 Å². The lowest BCUT2D eigenvalue weighted by Crippen LogP contribution is -3.14. The average molecular weight is 424 g/mol. The molecule has 0 spiro atoms. The van der Waals surface area contributed by atoms with Gasteiger partial charge in [0.2, 0.25) is 5.91 Å². The van der Waals surface area contributed by atoms with Gasteiger partial charge in [-0.25, -0.2) is 4.98 Å². The molecular weight excluding hydrogens is 392 g/mol. The van der Waals surface area contributed by atoms with E-state index in [1.54, 1.807) is 18.3 Å². The third-order valence-electron chi connectivity index (χ3n) is 6.12. The predicted octanol–water partition coefficient (Wildman–Crippen LogP) is 0.645. The highest BCUT2D eigenvalue weighted by Gasteiger charge is 2.32. The van der Waals surface area contributed by atoms with Crippen LogP contribution in [-0.2, 0) is 9.53 Å². The number of hydrogen-bond donors (Lipinski definition) is 2. The molecule has 1 aromatic rings. The third-order valence-corrected chi connectivity index (χ3v) is 6.33. The van der Waals surface area contributed by atoms with E-state index in [9.17, 15) is 9.59 Å². The summed E-state index contributed by atoms with van der Waals surface area (Å²) in [5.41, 5.74) is 0.571. The molecule has 0 aliphatic carbocycles. The Bertz CT molecular complexity index is 696. The molecule has 0 bridgehead atoms. The molecule has 2 aliphatic rings. The van der Waals surface area contributed by atoms with Crippen LogP contribution in [0.25, 0.3) is 0 Å². The number of rotatable bonds is 7. The van der Waals surface area contributed by atoms with Gasteiger partial charge in [0.05, 0.1) is 26.3 Å². The van der Waals surface area contributed by atoms with Gasteiger partial charge in [0.15, 0.2) is 0 Å². The van der Waals surface area contributed by atoms with E-state index >= 15 is 0 Å². The zero-order chi connectivity index (χ0) is 20.6. The van der Waals surface area contributed by atoms with E-state index in [0.717, 1.165) is 45.7 Å². The van der Waals surface area contributed by atoms with Gasteiger partial charge < -0.3 is 19.9 Å². The fourth-order valence-electron chi connectivity index (χ4n) is 4.31. The van der Waals surface area contributed by atoms with Crippen LogP contribution in [0.15, 0.2) is 18.3 Å². The van der Waals surface area contributed by atoms with Crippen molar-refractivity contribution < 1.29 is 19.2 Å². The van der Waals surface area contributed by atoms with E-state index < -0.39 is 0 Å². The summed E-state index contributed by atoms with van der Waals surface area (Å²) >= 11 is 5.92. The Labute approximate surface area is 177 Å². The summed E-state index contributed by atoms with van der Waals surface area (Å²) in [7, 11) is 0. The first kappa shape index (κ1) is 22.0. The first-order chi connectivity index (χ1) is 14.1. The highest BCUT2D eigenvalue weighted by atomic mass is 35.5. The Morgan fingerprint density at radius 3 is 2.86 bits per heavy atom. The number of pyridine rings is 1. The molecule has 3 rings (SSSR count). The molecule has 2 atom stereocenters. The first-order valence-electron chi connectivity index (χ1n) is 10.7. The number of hydrogen-bond acceptors (Lipinski definition) is 4. The molecule has 2 saturated heterocycles. The summed E-state index contributed by atoms with van der Waals surface area (Å²) in [4.78, 5) is 32.5. The number of likely N-dealkylation sites (tertiary alicyclic amines) is 1. The van der Waals surface area contributed by atoms with Crippen molar-refractivity contribution in [2.24, 2.45) is 11.8 Å². The lowest BCUT2D eigenvalue weighted by atomic mass is 9.81. The summed E-state index contributed by atoms with van der Waals surface area (Å²) in [6.45, 7) is 8.81. The van der Waals surface area contributed by atoms with E-state index in [1.807, 2.05) is 4.90 Å². The number of nitrogens with one attached hydrogen (secondary N) is 2. The number of piperidine rings is 1. The number of quaternary nitrogens is 1. The summed E-state index contributed by atoms with van der Waals surface area (Å²) in [6, 6.07) is 3.31. The van der Waals surface area contributed by atoms with Crippen molar-refractivity contribution in [2.45, 2.75) is 26.2 Å². The zero-order valence-corrected chi connectivity index (χ0v) is 17.9. The van der Waals surface area contributed by atoms with Gasteiger partial charge >= 0.3 is 0 Å². The summed E-state index contributed by atoms with van der Waals surface area (Å²) in [6.07, 6.45) is 3.91. The number of aromatic nitrogens is 1. The second-order valence-corrected chi connectivity index (χ2v) is 8.39. The van der Waals surface area contributed by atoms with Crippen LogP contribution in [0.5, 0.6) is 0 Å². The minimum atomic E-state index is -0.0101. The van der Waals surface area contributed by atoms with Gasteiger partial charge in [0, 0.05) is 31.3 Å². The maximum atomic E-state index is 12.8. The second-order valence-electron chi connectivity index (χ2n) is 8.00. The topological polar surface area (TPSA) is 76.0 Å². The van der Waals surface area contributed by atoms with Gasteiger partial charge in [-0.3, -0.25) is 9.59 Å². The fourth-order valence-corrected chi connectivity index (χ4v) is 4.49. The number of nitrogens with zero attached hydrogens (tertiary/aromatic N) is 2. The molecule has 2 N–H and O–H groups in total. The predicted molar refractivity (Wildman–Crippen MR) is 111 cm³/mol. The van der Waals surface area contributed by atoms with Gasteiger partial charge in [-0.1, -0.05) is 24.9 Å². The Kier molecular flexibility index (Phi) is 8.27. The Hall–Kier alpha value is -1.70. The largest absolute Gasteiger partial charge is 0.370 e. The molecular formula is C21H32ClN4O3+. The van der Waals surface area contributed by atoms with Gasteiger partial charge in [0.1, 0.15) is 18.2 Å². The summed E-state index contributed by atoms with van der Waals surface area (Å²) in [5.74, 6) is 0.771. The number of halogens is 1. The standard InChI is InChI=1S/C21H31ClN4O3/c1-2-16-15-26(21(28)18-3-5-23-19(22)13-18)7-4-17(16)14-20(27)24-6-8-25-9-11-29-12-10-25/h3,5,13,16-17H,2,4,6-12,14-15H2,1H3,(H,24,27)/p+1/t16-,17-/m0/s1. The Morgan fingerprint density at radius 1 is 1.34 bits per heavy atom. The van der Waals surface area contributed by atoms with Crippen molar-refractivity contribution in [1.82, 2.24) is 15.2 Å². The molecule has 7 nitrogen and oxygen atoms in total. The van der Waals surface area contributed by atoms with Crippen LogP contribution in [0.3, 0.4) is 0 Å². The molecule has 2 fully saturated rings. The van der Waals surface area contributed by atoms with E-state index in [1.165, 1.54) is 4.90 Å². The number of carbonyl (C=O) groups excluding carboxylic acids is 2. The highest BCUT2D eigenvalue weighted by molar-refractivity contribution is 6.29. The molecule has 0 aromatic carbocycles. The van der Waals surface area contributed by atoms with Gasteiger partial charge in [-0.05, 0) is 30.4 Å². The lowest BCUT2D eigenvalue weighted by Gasteiger charge is -2.38. The lowest BCUT2D eigenvalue weighted by molar-refractivity contribution is -0.906. The van der Waals surface area contributed by atoms with Crippen molar-refractivity contribution in [3.63, 3.8) is 0 Å². The van der Waals surface area contributed by atoms with Gasteiger partial charge in [-0.15, -0.1) is 0 Å². The summed E-state index contributed by atoms with van der Waals surface area (Å²) in [5, 5.41) is 3.41. The minimum Gasteiger partial charge on any atom is -0.370 e. The molecule has 2 aliphatic heterocycles. The van der Waals surface area contributed by atoms with E-state index in [-0.39, 0.29) is 11.8 Å². The zero-order valence-electron chi connectivity index (χ0n) is 17.2. The van der Waals surface area contributed by atoms with Crippen molar-refractivity contribution >= 4 is 23.4 Å². The van der Waals surface area contributed by atoms with Gasteiger partial charge in [-0.2, -0.15) is 0 Å². The van der Waals surface area contributed by atoms with Crippen molar-refractivity contribution in [3.8, 4) is 0 Å². The van der Waals surface area contributed by atoms with Crippen LogP contribution >= 0.6 is 11.6 Å². The molecule has 3 heterocycles. The van der Waals surface area contributed by atoms with Gasteiger partial charge in [0.25, 0.3) is 5.91 Å². The Morgan fingerprint density at radius 2 is 2.14 bits per heavy atom. The van der Waals surface area contributed by atoms with E-state index in [0.29, 0.717) is 48.6 Å². The van der Waals surface area contributed by atoms with Crippen LogP contribution in [-0.4, -0.2) is 74.2 Å². The van der Waals surface area contributed by atoms with E-state index in [2.05, 4.69) is 17.2 Å². The number of ether oxygens (including phenoxy) is 1. The molecule has 0 unspecified atom stereocenters. The number of carbonyl (C=O) groups is 2. The number of morpholine rings is 1. The van der Waals surface area contributed by atoms with Crippen molar-refractivity contribution in [1.29, 1.82) is 0 Å². The molecule has 0 radical (unpaired) electrons. The highest BCUT2D eigenvalue weighted by Crippen LogP contribution is 2.29. The third kappa shape index (κ3) is 6.39. The molecule has 8 heteroatoms. The molecule has 2 amide bonds. The van der Waals surface area contributed by atoms with Crippen LogP contribution in [0.4, 0.5) is 0 Å². The van der Waals surface area contributed by atoms with Crippen molar-refractivity contribution in [3.05, 3.63) is 29.0 Å². The number of amides is 2. The SMILES string of the molecule is CC[C@H]1CN(C(=O)c2ccnc(Cl)c2)CC[C@H]1CC(=O)NCC[NH+]1CCOCC1. The molecule has 160 valence electrons. The van der Waals surface area contributed by atoms with E-state index in [4.69, 9.17) is 16.3 Å². The maximum Gasteiger partial charge on any atom is 0.254 e.